The van der Waals surface area contributed by atoms with Crippen molar-refractivity contribution in [2.75, 3.05) is 4.72 Å². The first-order valence-electron chi connectivity index (χ1n) is 6.46. The Labute approximate surface area is 144 Å². The van der Waals surface area contributed by atoms with Gasteiger partial charge in [0, 0.05) is 10.6 Å². The Morgan fingerprint density at radius 3 is 2.29 bits per heavy atom. The second-order valence-electron chi connectivity index (χ2n) is 4.49. The zero-order valence-corrected chi connectivity index (χ0v) is 14.3. The first-order chi connectivity index (χ1) is 11.5. The quantitative estimate of drug-likeness (QED) is 0.724. The summed E-state index contributed by atoms with van der Waals surface area (Å²) >= 11 is 2.75. The molecule has 3 aromatic rings. The van der Waals surface area contributed by atoms with Crippen LogP contribution in [-0.4, -0.2) is 18.6 Å². The fraction of sp³-hybridized carbons (Fsp3) is 0. The van der Waals surface area contributed by atoms with Crippen molar-refractivity contribution >= 4 is 38.8 Å². The minimum absolute atomic E-state index is 0.194. The van der Waals surface area contributed by atoms with E-state index in [9.17, 15) is 17.2 Å². The maximum atomic E-state index is 13.7. The molecule has 1 N–H and O–H groups in total. The van der Waals surface area contributed by atoms with Gasteiger partial charge in [0.15, 0.2) is 9.24 Å². The molecule has 3 rings (SSSR count). The Kier molecular flexibility index (Phi) is 4.78. The summed E-state index contributed by atoms with van der Waals surface area (Å²) in [6.07, 6.45) is 0. The molecule has 0 amide bonds. The number of sulfonamides is 1. The Morgan fingerprint density at radius 2 is 1.71 bits per heavy atom. The third-order valence-corrected chi connectivity index (χ3v) is 6.06. The number of hydrogen-bond acceptors (Lipinski definition) is 6. The predicted octanol–water partition coefficient (Wildman–Crippen LogP) is 3.77. The number of rotatable bonds is 5. The topological polar surface area (TPSA) is 72.0 Å². The number of nitrogens with zero attached hydrogens (tertiary/aromatic N) is 2. The summed E-state index contributed by atoms with van der Waals surface area (Å²) in [5.74, 6) is -2.29. The Bertz CT molecular complexity index is 926. The highest BCUT2D eigenvalue weighted by Crippen LogP contribution is 2.30. The van der Waals surface area contributed by atoms with E-state index in [1.54, 1.807) is 17.6 Å². The standard InChI is InChI=1S/C14H9F2N3O2S3/c15-11-2-1-3-12(16)13(11)24(20,21)19-9-4-6-10(7-5-9)23-14-18-17-8-22-14/h1-8,19H. The second kappa shape index (κ2) is 6.83. The average Bonchev–Trinajstić information content (AvgIpc) is 3.01. The highest BCUT2D eigenvalue weighted by molar-refractivity contribution is 8.01. The number of nitrogens with one attached hydrogen (secondary N) is 1. The third-order valence-electron chi connectivity index (χ3n) is 2.84. The van der Waals surface area contributed by atoms with Gasteiger partial charge in [-0.15, -0.1) is 10.2 Å². The molecule has 0 aliphatic carbocycles. The zero-order chi connectivity index (χ0) is 17.2. The molecule has 0 atom stereocenters. The summed E-state index contributed by atoms with van der Waals surface area (Å²) in [6.45, 7) is 0. The van der Waals surface area contributed by atoms with Crippen LogP contribution < -0.4 is 4.72 Å². The zero-order valence-electron chi connectivity index (χ0n) is 11.8. The molecule has 0 fully saturated rings. The average molecular weight is 385 g/mol. The van der Waals surface area contributed by atoms with Crippen LogP contribution in [0.15, 0.2) is 62.1 Å². The van der Waals surface area contributed by atoms with Crippen LogP contribution in [0.25, 0.3) is 0 Å². The molecule has 24 heavy (non-hydrogen) atoms. The van der Waals surface area contributed by atoms with E-state index < -0.39 is 26.6 Å². The van der Waals surface area contributed by atoms with E-state index in [4.69, 9.17) is 0 Å². The maximum absolute atomic E-state index is 13.7. The lowest BCUT2D eigenvalue weighted by Gasteiger charge is -2.10. The number of halogens is 2. The Hall–Kier alpha value is -2.04. The summed E-state index contributed by atoms with van der Waals surface area (Å²) in [5, 5.41) is 7.61. The van der Waals surface area contributed by atoms with E-state index in [1.807, 2.05) is 0 Å². The smallest absolute Gasteiger partial charge is 0.267 e. The van der Waals surface area contributed by atoms with Gasteiger partial charge in [0.25, 0.3) is 10.0 Å². The van der Waals surface area contributed by atoms with Gasteiger partial charge in [-0.2, -0.15) is 0 Å². The molecule has 0 saturated heterocycles. The van der Waals surface area contributed by atoms with Crippen LogP contribution in [0.4, 0.5) is 14.5 Å². The minimum atomic E-state index is -4.36. The van der Waals surface area contributed by atoms with E-state index in [1.165, 1.54) is 35.2 Å². The van der Waals surface area contributed by atoms with Crippen molar-refractivity contribution in [3.63, 3.8) is 0 Å². The van der Waals surface area contributed by atoms with E-state index in [2.05, 4.69) is 14.9 Å². The van der Waals surface area contributed by atoms with Crippen molar-refractivity contribution in [1.29, 1.82) is 0 Å². The van der Waals surface area contributed by atoms with E-state index >= 15 is 0 Å². The van der Waals surface area contributed by atoms with Gasteiger partial charge in [0.05, 0.1) is 0 Å². The van der Waals surface area contributed by atoms with E-state index in [-0.39, 0.29) is 5.69 Å². The lowest BCUT2D eigenvalue weighted by atomic mass is 10.3. The van der Waals surface area contributed by atoms with Gasteiger partial charge in [-0.25, -0.2) is 17.2 Å². The fourth-order valence-electron chi connectivity index (χ4n) is 1.84. The largest absolute Gasteiger partial charge is 0.279 e. The van der Waals surface area contributed by atoms with Crippen LogP contribution in [-0.2, 0) is 10.0 Å². The normalized spacial score (nSPS) is 11.4. The third kappa shape index (κ3) is 3.71. The molecule has 2 aromatic carbocycles. The second-order valence-corrected chi connectivity index (χ2v) is 8.26. The first-order valence-corrected chi connectivity index (χ1v) is 9.64. The van der Waals surface area contributed by atoms with Crippen molar-refractivity contribution in [3.05, 3.63) is 59.6 Å². The minimum Gasteiger partial charge on any atom is -0.279 e. The maximum Gasteiger partial charge on any atom is 0.267 e. The van der Waals surface area contributed by atoms with Crippen LogP contribution in [0, 0.1) is 11.6 Å². The number of anilines is 1. The molecule has 0 radical (unpaired) electrons. The lowest BCUT2D eigenvalue weighted by Crippen LogP contribution is -2.16. The van der Waals surface area contributed by atoms with Gasteiger partial charge < -0.3 is 0 Å². The van der Waals surface area contributed by atoms with Crippen LogP contribution in [0.5, 0.6) is 0 Å². The van der Waals surface area contributed by atoms with E-state index in [0.29, 0.717) is 0 Å². The van der Waals surface area contributed by atoms with Gasteiger partial charge in [-0.3, -0.25) is 4.72 Å². The molecule has 0 aliphatic rings. The molecule has 5 nitrogen and oxygen atoms in total. The van der Waals surface area contributed by atoms with Crippen LogP contribution >= 0.6 is 23.1 Å². The molecule has 0 spiro atoms. The highest BCUT2D eigenvalue weighted by Gasteiger charge is 2.23. The molecule has 0 saturated carbocycles. The van der Waals surface area contributed by atoms with Crippen molar-refractivity contribution in [2.45, 2.75) is 14.1 Å². The van der Waals surface area contributed by atoms with Gasteiger partial charge >= 0.3 is 0 Å². The molecule has 124 valence electrons. The molecule has 10 heteroatoms. The molecule has 0 aliphatic heterocycles. The number of aromatic nitrogens is 2. The SMILES string of the molecule is O=S(=O)(Nc1ccc(Sc2nncs2)cc1)c1c(F)cccc1F. The predicted molar refractivity (Wildman–Crippen MR) is 87.6 cm³/mol. The van der Waals surface area contributed by atoms with Crippen LogP contribution in [0.2, 0.25) is 0 Å². The molecule has 0 unspecified atom stereocenters. The van der Waals surface area contributed by atoms with Gasteiger partial charge in [-0.05, 0) is 36.4 Å². The molecule has 1 aromatic heterocycles. The molecule has 0 bridgehead atoms. The van der Waals surface area contributed by atoms with Crippen LogP contribution in [0.3, 0.4) is 0 Å². The summed E-state index contributed by atoms with van der Waals surface area (Å²) in [4.78, 5) is -0.177. The molecular weight excluding hydrogens is 376 g/mol. The number of hydrogen-bond donors (Lipinski definition) is 1. The van der Waals surface area contributed by atoms with Gasteiger partial charge in [0.1, 0.15) is 17.1 Å². The van der Waals surface area contributed by atoms with Crippen molar-refractivity contribution in [3.8, 4) is 0 Å². The highest BCUT2D eigenvalue weighted by atomic mass is 32.2. The summed E-state index contributed by atoms with van der Waals surface area (Å²) in [6, 6.07) is 9.21. The van der Waals surface area contributed by atoms with Gasteiger partial charge in [-0.1, -0.05) is 29.2 Å². The summed E-state index contributed by atoms with van der Waals surface area (Å²) in [5.41, 5.74) is 1.80. The van der Waals surface area contributed by atoms with Crippen molar-refractivity contribution in [2.24, 2.45) is 0 Å². The molecular formula is C14H9F2N3O2S3. The number of benzene rings is 2. The Morgan fingerprint density at radius 1 is 1.04 bits per heavy atom. The summed E-state index contributed by atoms with van der Waals surface area (Å²) in [7, 11) is -4.36. The summed E-state index contributed by atoms with van der Waals surface area (Å²) < 4.78 is 54.6. The monoisotopic (exact) mass is 385 g/mol. The Balaban J connectivity index is 1.80. The van der Waals surface area contributed by atoms with E-state index in [0.717, 1.165) is 27.4 Å². The van der Waals surface area contributed by atoms with Crippen molar-refractivity contribution in [1.82, 2.24) is 10.2 Å². The van der Waals surface area contributed by atoms with Crippen molar-refractivity contribution < 1.29 is 17.2 Å². The fourth-order valence-corrected chi connectivity index (χ4v) is 4.49. The van der Waals surface area contributed by atoms with Crippen LogP contribution in [0.1, 0.15) is 0 Å². The molecule has 1 heterocycles. The first kappa shape index (κ1) is 16.8. The van der Waals surface area contributed by atoms with Gasteiger partial charge in [0.2, 0.25) is 0 Å². The lowest BCUT2D eigenvalue weighted by molar-refractivity contribution is 0.521.